The summed E-state index contributed by atoms with van der Waals surface area (Å²) in [7, 11) is 1.53. The number of nitrogens with zero attached hydrogens (tertiary/aromatic N) is 1. The molecule has 0 bridgehead atoms. The van der Waals surface area contributed by atoms with Crippen molar-refractivity contribution in [3.8, 4) is 0 Å². The predicted molar refractivity (Wildman–Crippen MR) is 72.3 cm³/mol. The highest BCUT2D eigenvalue weighted by molar-refractivity contribution is 5.83. The number of carbonyl (C=O) groups is 2. The summed E-state index contributed by atoms with van der Waals surface area (Å²) in [6, 6.07) is -1.27. The van der Waals surface area contributed by atoms with Crippen LogP contribution >= 0.6 is 0 Å². The van der Waals surface area contributed by atoms with Gasteiger partial charge in [-0.1, -0.05) is 12.8 Å². The predicted octanol–water partition coefficient (Wildman–Crippen LogP) is 0.140. The fraction of sp³-hybridized carbons (Fsp3) is 0.846. The van der Waals surface area contributed by atoms with E-state index in [2.05, 4.69) is 5.32 Å². The van der Waals surface area contributed by atoms with Gasteiger partial charge in [0.05, 0.1) is 6.10 Å². The number of hydrogen-bond acceptors (Lipinski definition) is 4. The zero-order valence-corrected chi connectivity index (χ0v) is 11.7. The molecule has 114 valence electrons. The van der Waals surface area contributed by atoms with Gasteiger partial charge in [-0.3, -0.25) is 0 Å². The van der Waals surface area contributed by atoms with Gasteiger partial charge in [0.15, 0.2) is 0 Å². The maximum absolute atomic E-state index is 12.3. The number of aliphatic carboxylic acids is 1. The van der Waals surface area contributed by atoms with Crippen LogP contribution in [0, 0.1) is 0 Å². The first-order chi connectivity index (χ1) is 9.52. The molecule has 1 aliphatic carbocycles. The number of methoxy groups -OCH3 is 1. The van der Waals surface area contributed by atoms with Gasteiger partial charge in [0.2, 0.25) is 0 Å². The van der Waals surface area contributed by atoms with Crippen molar-refractivity contribution in [2.24, 2.45) is 5.73 Å². The third-order valence-electron chi connectivity index (χ3n) is 4.27. The first-order valence-corrected chi connectivity index (χ1v) is 7.11. The molecule has 0 aromatic heterocycles. The number of carboxylic acids is 1. The zero-order chi connectivity index (χ0) is 14.7. The summed E-state index contributed by atoms with van der Waals surface area (Å²) in [6.45, 7) is 0.307. The third kappa shape index (κ3) is 3.21. The number of hydrogen-bond donors (Lipinski definition) is 3. The van der Waals surface area contributed by atoms with Gasteiger partial charge in [0.25, 0.3) is 0 Å². The fourth-order valence-corrected chi connectivity index (χ4v) is 3.01. The Balaban J connectivity index is 1.98. The van der Waals surface area contributed by atoms with Crippen LogP contribution in [-0.2, 0) is 9.53 Å². The van der Waals surface area contributed by atoms with Crippen molar-refractivity contribution >= 4 is 12.0 Å². The average Bonchev–Trinajstić information content (AvgIpc) is 2.86. The van der Waals surface area contributed by atoms with Gasteiger partial charge < -0.3 is 25.8 Å². The van der Waals surface area contributed by atoms with Crippen LogP contribution in [0.1, 0.15) is 32.1 Å². The zero-order valence-electron chi connectivity index (χ0n) is 11.7. The topological polar surface area (TPSA) is 105 Å². The lowest BCUT2D eigenvalue weighted by Gasteiger charge is -2.32. The Morgan fingerprint density at radius 1 is 1.35 bits per heavy atom. The number of likely N-dealkylation sites (tertiary alicyclic amines) is 1. The number of amides is 2. The first kappa shape index (κ1) is 15.1. The lowest BCUT2D eigenvalue weighted by atomic mass is 9.91. The molecule has 7 nitrogen and oxygen atoms in total. The standard InChI is InChI=1S/C13H23N3O4/c1-20-8-6-11(12(17)18)16(7-8)13(19)15-10-5-3-2-4-9(10)14/h8-11H,2-7,14H2,1H3,(H,15,19)(H,17,18). The highest BCUT2D eigenvalue weighted by atomic mass is 16.5. The Morgan fingerprint density at radius 2 is 2.05 bits per heavy atom. The van der Waals surface area contributed by atoms with E-state index in [-0.39, 0.29) is 24.2 Å². The molecule has 0 radical (unpaired) electrons. The third-order valence-corrected chi connectivity index (χ3v) is 4.27. The number of ether oxygens (including phenoxy) is 1. The van der Waals surface area contributed by atoms with Gasteiger partial charge in [0.1, 0.15) is 6.04 Å². The molecule has 7 heteroatoms. The molecule has 4 N–H and O–H groups in total. The van der Waals surface area contributed by atoms with Crippen molar-refractivity contribution in [3.63, 3.8) is 0 Å². The normalized spacial score (nSPS) is 34.0. The lowest BCUT2D eigenvalue weighted by molar-refractivity contribution is -0.141. The molecule has 1 saturated carbocycles. The number of urea groups is 1. The van der Waals surface area contributed by atoms with Crippen LogP contribution in [-0.4, -0.2) is 59.9 Å². The van der Waals surface area contributed by atoms with Crippen LogP contribution in [0.2, 0.25) is 0 Å². The minimum absolute atomic E-state index is 0.0446. The summed E-state index contributed by atoms with van der Waals surface area (Å²) in [5, 5.41) is 12.1. The van der Waals surface area contributed by atoms with E-state index in [0.29, 0.717) is 13.0 Å². The average molecular weight is 285 g/mol. The molecule has 2 aliphatic rings. The van der Waals surface area contributed by atoms with E-state index in [1.807, 2.05) is 0 Å². The second-order valence-electron chi connectivity index (χ2n) is 5.60. The Bertz CT molecular complexity index is 377. The van der Waals surface area contributed by atoms with E-state index >= 15 is 0 Å². The molecule has 2 amide bonds. The number of carboxylic acid groups (broad SMARTS) is 1. The van der Waals surface area contributed by atoms with E-state index in [4.69, 9.17) is 10.5 Å². The molecule has 1 saturated heterocycles. The molecular formula is C13H23N3O4. The fourth-order valence-electron chi connectivity index (χ4n) is 3.01. The summed E-state index contributed by atoms with van der Waals surface area (Å²) < 4.78 is 5.17. The highest BCUT2D eigenvalue weighted by Crippen LogP contribution is 2.22. The maximum atomic E-state index is 12.3. The van der Waals surface area contributed by atoms with Gasteiger partial charge in [-0.05, 0) is 12.8 Å². The highest BCUT2D eigenvalue weighted by Gasteiger charge is 2.40. The molecule has 2 rings (SSSR count). The smallest absolute Gasteiger partial charge is 0.326 e. The summed E-state index contributed by atoms with van der Waals surface area (Å²) in [5.41, 5.74) is 6.00. The minimum atomic E-state index is -0.993. The quantitative estimate of drug-likeness (QED) is 0.684. The van der Waals surface area contributed by atoms with E-state index in [0.717, 1.165) is 25.7 Å². The van der Waals surface area contributed by atoms with Crippen LogP contribution in [0.5, 0.6) is 0 Å². The van der Waals surface area contributed by atoms with E-state index in [1.165, 1.54) is 12.0 Å². The maximum Gasteiger partial charge on any atom is 0.326 e. The van der Waals surface area contributed by atoms with Crippen LogP contribution in [0.3, 0.4) is 0 Å². The Labute approximate surface area is 118 Å². The summed E-state index contributed by atoms with van der Waals surface area (Å²) in [6.07, 6.45) is 3.99. The van der Waals surface area contributed by atoms with Gasteiger partial charge in [-0.2, -0.15) is 0 Å². The minimum Gasteiger partial charge on any atom is -0.480 e. The van der Waals surface area contributed by atoms with E-state index < -0.39 is 12.0 Å². The number of rotatable bonds is 3. The summed E-state index contributed by atoms with van der Waals surface area (Å²) in [4.78, 5) is 24.9. The molecule has 0 aromatic carbocycles. The molecule has 4 atom stereocenters. The second-order valence-corrected chi connectivity index (χ2v) is 5.60. The molecular weight excluding hydrogens is 262 g/mol. The van der Waals surface area contributed by atoms with E-state index in [1.54, 1.807) is 0 Å². The molecule has 20 heavy (non-hydrogen) atoms. The molecule has 1 aliphatic heterocycles. The summed E-state index contributed by atoms with van der Waals surface area (Å²) >= 11 is 0. The van der Waals surface area contributed by atoms with Crippen molar-refractivity contribution in [2.45, 2.75) is 56.3 Å². The monoisotopic (exact) mass is 285 g/mol. The summed E-state index contributed by atoms with van der Waals surface area (Å²) in [5.74, 6) is -0.993. The number of nitrogens with two attached hydrogens (primary N) is 1. The van der Waals surface area contributed by atoms with Gasteiger partial charge in [-0.25, -0.2) is 9.59 Å². The Kier molecular flexibility index (Phi) is 4.82. The molecule has 0 spiro atoms. The van der Waals surface area contributed by atoms with Crippen LogP contribution < -0.4 is 11.1 Å². The van der Waals surface area contributed by atoms with Crippen molar-refractivity contribution in [1.29, 1.82) is 0 Å². The first-order valence-electron chi connectivity index (χ1n) is 7.11. The van der Waals surface area contributed by atoms with Crippen LogP contribution in [0.15, 0.2) is 0 Å². The van der Waals surface area contributed by atoms with Crippen molar-refractivity contribution < 1.29 is 19.4 Å². The van der Waals surface area contributed by atoms with Gasteiger partial charge in [0, 0.05) is 32.2 Å². The van der Waals surface area contributed by atoms with Gasteiger partial charge >= 0.3 is 12.0 Å². The molecule has 4 unspecified atom stereocenters. The van der Waals surface area contributed by atoms with Crippen LogP contribution in [0.25, 0.3) is 0 Å². The second kappa shape index (κ2) is 6.41. The van der Waals surface area contributed by atoms with Crippen molar-refractivity contribution in [2.75, 3.05) is 13.7 Å². The van der Waals surface area contributed by atoms with Gasteiger partial charge in [-0.15, -0.1) is 0 Å². The number of carbonyl (C=O) groups excluding carboxylic acids is 1. The molecule has 1 heterocycles. The van der Waals surface area contributed by atoms with Crippen molar-refractivity contribution in [3.05, 3.63) is 0 Å². The molecule has 0 aromatic rings. The largest absolute Gasteiger partial charge is 0.480 e. The van der Waals surface area contributed by atoms with Crippen molar-refractivity contribution in [1.82, 2.24) is 10.2 Å². The number of nitrogens with one attached hydrogen (secondary N) is 1. The Morgan fingerprint density at radius 3 is 2.65 bits per heavy atom. The van der Waals surface area contributed by atoms with E-state index in [9.17, 15) is 14.7 Å². The SMILES string of the molecule is COC1CC(C(=O)O)N(C(=O)NC2CCCCC2N)C1. The Hall–Kier alpha value is -1.34. The molecule has 2 fully saturated rings. The lowest BCUT2D eigenvalue weighted by Crippen LogP contribution is -2.55. The van der Waals surface area contributed by atoms with Crippen LogP contribution in [0.4, 0.5) is 4.79 Å².